The Labute approximate surface area is 78.8 Å². The predicted octanol–water partition coefficient (Wildman–Crippen LogP) is -0.114. The van der Waals surface area contributed by atoms with Gasteiger partial charge in [-0.2, -0.15) is 0 Å². The Kier molecular flexibility index (Phi) is 8.83. The van der Waals surface area contributed by atoms with Crippen LogP contribution in [0.5, 0.6) is 0 Å². The van der Waals surface area contributed by atoms with E-state index in [9.17, 15) is 9.59 Å². The summed E-state index contributed by atoms with van der Waals surface area (Å²) in [6.45, 7) is 0. The third kappa shape index (κ3) is 7.26. The third-order valence-electron chi connectivity index (χ3n) is 0.758. The Morgan fingerprint density at radius 1 is 1.00 bits per heavy atom. The number of carbonyl (C=O) groups excluding carboxylic acids is 2. The minimum Gasteiger partial charge on any atom is -0.466 e. The van der Waals surface area contributed by atoms with Gasteiger partial charge < -0.3 is 9.47 Å². The number of carbonyl (C=O) groups is 2. The molecule has 0 spiro atoms. The monoisotopic (exact) mass is 339 g/mol. The molecule has 0 aromatic rings. The molecule has 0 bridgehead atoms. The van der Waals surface area contributed by atoms with Crippen molar-refractivity contribution in [3.63, 3.8) is 0 Å². The maximum atomic E-state index is 10.3. The van der Waals surface area contributed by atoms with Crippen molar-refractivity contribution < 1.29 is 40.1 Å². The van der Waals surface area contributed by atoms with Gasteiger partial charge in [0.1, 0.15) is 0 Å². The summed E-state index contributed by atoms with van der Waals surface area (Å²) in [6.07, 6.45) is 1.98. The fraction of sp³-hybridized carbons (Fsp3) is 0.333. The van der Waals surface area contributed by atoms with Crippen LogP contribution < -0.4 is 0 Å². The molecule has 0 aromatic heterocycles. The molecule has 11 heavy (non-hydrogen) atoms. The molecule has 0 aromatic carbocycles. The van der Waals surface area contributed by atoms with Crippen molar-refractivity contribution in [2.75, 3.05) is 14.2 Å². The topological polar surface area (TPSA) is 52.6 Å². The number of methoxy groups -OCH3 is 2. The van der Waals surface area contributed by atoms with Gasteiger partial charge >= 0.3 is 11.9 Å². The molecule has 5 heteroatoms. The molecular formula is C6H8O4Pt. The number of esters is 2. The van der Waals surface area contributed by atoms with Gasteiger partial charge in [0.2, 0.25) is 0 Å². The summed E-state index contributed by atoms with van der Waals surface area (Å²) in [4.78, 5) is 20.6. The number of hydrogen-bond acceptors (Lipinski definition) is 4. The zero-order chi connectivity index (χ0) is 7.98. The van der Waals surface area contributed by atoms with Gasteiger partial charge in [-0.1, -0.05) is 0 Å². The molecule has 0 radical (unpaired) electrons. The molecule has 0 rings (SSSR count). The molecule has 0 aliphatic rings. The van der Waals surface area contributed by atoms with Crippen molar-refractivity contribution in [2.24, 2.45) is 0 Å². The summed E-state index contributed by atoms with van der Waals surface area (Å²) in [5.74, 6) is -1.16. The van der Waals surface area contributed by atoms with E-state index in [4.69, 9.17) is 0 Å². The van der Waals surface area contributed by atoms with Gasteiger partial charge in [0.05, 0.1) is 14.2 Å². The summed E-state index contributed by atoms with van der Waals surface area (Å²) in [5.41, 5.74) is 0. The van der Waals surface area contributed by atoms with Gasteiger partial charge in [-0.05, 0) is 0 Å². The predicted molar refractivity (Wildman–Crippen MR) is 33.2 cm³/mol. The van der Waals surface area contributed by atoms with Crippen molar-refractivity contribution >= 4 is 11.9 Å². The molecule has 0 fully saturated rings. The first-order chi connectivity index (χ1) is 4.70. The SMILES string of the molecule is COC(=O)/C=C\C(=O)OC.[Pt]. The molecular weight excluding hydrogens is 331 g/mol. The van der Waals surface area contributed by atoms with Crippen molar-refractivity contribution in [2.45, 2.75) is 0 Å². The molecule has 0 heterocycles. The van der Waals surface area contributed by atoms with E-state index in [0.29, 0.717) is 0 Å². The van der Waals surface area contributed by atoms with E-state index >= 15 is 0 Å². The minimum absolute atomic E-state index is 0. The van der Waals surface area contributed by atoms with Crippen LogP contribution in [0.3, 0.4) is 0 Å². The van der Waals surface area contributed by atoms with Crippen LogP contribution in [0.25, 0.3) is 0 Å². The summed E-state index contributed by atoms with van der Waals surface area (Å²) in [7, 11) is 2.45. The zero-order valence-corrected chi connectivity index (χ0v) is 8.38. The average Bonchev–Trinajstić information content (AvgIpc) is 1.99. The van der Waals surface area contributed by atoms with E-state index in [0.717, 1.165) is 12.2 Å². The van der Waals surface area contributed by atoms with Gasteiger partial charge in [-0.3, -0.25) is 0 Å². The molecule has 0 amide bonds. The number of hydrogen-bond donors (Lipinski definition) is 0. The molecule has 0 unspecified atom stereocenters. The van der Waals surface area contributed by atoms with Crippen molar-refractivity contribution in [1.29, 1.82) is 0 Å². The maximum Gasteiger partial charge on any atom is 0.330 e. The molecule has 0 aliphatic carbocycles. The maximum absolute atomic E-state index is 10.3. The van der Waals surface area contributed by atoms with Crippen LogP contribution >= 0.6 is 0 Å². The largest absolute Gasteiger partial charge is 0.466 e. The van der Waals surface area contributed by atoms with Crippen LogP contribution in [-0.4, -0.2) is 26.2 Å². The summed E-state index contributed by atoms with van der Waals surface area (Å²) >= 11 is 0. The molecule has 0 aliphatic heterocycles. The second kappa shape index (κ2) is 7.48. The first kappa shape index (κ1) is 13.0. The Balaban J connectivity index is 0. The standard InChI is InChI=1S/C6H8O4.Pt/c1-9-5(7)3-4-6(8)10-2;/h3-4H,1-2H3;/b4-3-;. The Hall–Kier alpha value is -0.632. The number of ether oxygens (including phenoxy) is 2. The number of rotatable bonds is 2. The quantitative estimate of drug-likeness (QED) is 0.520. The van der Waals surface area contributed by atoms with Crippen LogP contribution in [0.2, 0.25) is 0 Å². The summed E-state index contributed by atoms with van der Waals surface area (Å²) < 4.78 is 8.42. The van der Waals surface area contributed by atoms with E-state index in [2.05, 4.69) is 9.47 Å². The molecule has 0 saturated heterocycles. The van der Waals surface area contributed by atoms with Crippen LogP contribution in [0.15, 0.2) is 12.2 Å². The molecule has 0 atom stereocenters. The molecule has 66 valence electrons. The molecule has 0 saturated carbocycles. The van der Waals surface area contributed by atoms with Crippen molar-refractivity contribution in [1.82, 2.24) is 0 Å². The van der Waals surface area contributed by atoms with Crippen LogP contribution in [0.1, 0.15) is 0 Å². The fourth-order valence-corrected chi connectivity index (χ4v) is 0.272. The minimum atomic E-state index is -0.578. The molecule has 4 nitrogen and oxygen atoms in total. The Morgan fingerprint density at radius 2 is 1.27 bits per heavy atom. The van der Waals surface area contributed by atoms with E-state index in [1.165, 1.54) is 14.2 Å². The normalized spacial score (nSPS) is 8.55. The first-order valence-electron chi connectivity index (χ1n) is 2.54. The van der Waals surface area contributed by atoms with Crippen LogP contribution in [-0.2, 0) is 40.1 Å². The Morgan fingerprint density at radius 3 is 1.45 bits per heavy atom. The van der Waals surface area contributed by atoms with Gasteiger partial charge in [0, 0.05) is 33.2 Å². The van der Waals surface area contributed by atoms with E-state index in [1.807, 2.05) is 0 Å². The smallest absolute Gasteiger partial charge is 0.330 e. The second-order valence-electron chi connectivity index (χ2n) is 1.38. The summed E-state index contributed by atoms with van der Waals surface area (Å²) in [6, 6.07) is 0. The van der Waals surface area contributed by atoms with Crippen molar-refractivity contribution in [3.05, 3.63) is 12.2 Å². The fourth-order valence-electron chi connectivity index (χ4n) is 0.272. The van der Waals surface area contributed by atoms with Crippen LogP contribution in [0.4, 0.5) is 0 Å². The Bertz CT molecular complexity index is 146. The van der Waals surface area contributed by atoms with Gasteiger partial charge in [0.25, 0.3) is 0 Å². The van der Waals surface area contributed by atoms with Crippen molar-refractivity contribution in [3.8, 4) is 0 Å². The summed E-state index contributed by atoms with van der Waals surface area (Å²) in [5, 5.41) is 0. The van der Waals surface area contributed by atoms with E-state index < -0.39 is 11.9 Å². The van der Waals surface area contributed by atoms with Gasteiger partial charge in [-0.25, -0.2) is 9.59 Å². The third-order valence-corrected chi connectivity index (χ3v) is 0.758. The zero-order valence-electron chi connectivity index (χ0n) is 6.10. The van der Waals surface area contributed by atoms with Gasteiger partial charge in [0.15, 0.2) is 0 Å². The first-order valence-corrected chi connectivity index (χ1v) is 2.54. The second-order valence-corrected chi connectivity index (χ2v) is 1.38. The van der Waals surface area contributed by atoms with Crippen LogP contribution in [0, 0.1) is 0 Å². The van der Waals surface area contributed by atoms with Gasteiger partial charge in [-0.15, -0.1) is 0 Å². The molecule has 0 N–H and O–H groups in total. The van der Waals surface area contributed by atoms with E-state index in [-0.39, 0.29) is 21.1 Å². The average molecular weight is 339 g/mol. The van der Waals surface area contributed by atoms with E-state index in [1.54, 1.807) is 0 Å².